The Kier molecular flexibility index (Phi) is 4.94. The average Bonchev–Trinajstić information content (AvgIpc) is 3.24. The number of anilines is 1. The van der Waals surface area contributed by atoms with Crippen molar-refractivity contribution in [1.82, 2.24) is 24.8 Å². The Bertz CT molecular complexity index is 1250. The fraction of sp³-hybridized carbons (Fsp3) is 0.158. The second kappa shape index (κ2) is 7.45. The summed E-state index contributed by atoms with van der Waals surface area (Å²) in [4.78, 5) is 12.6. The number of hydrogen-bond acceptors (Lipinski definition) is 4. The highest BCUT2D eigenvalue weighted by atomic mass is 35.5. The molecule has 0 aliphatic heterocycles. The van der Waals surface area contributed by atoms with Crippen molar-refractivity contribution in [3.63, 3.8) is 0 Å². The molecule has 1 amide bonds. The first-order valence-corrected chi connectivity index (χ1v) is 9.12. The summed E-state index contributed by atoms with van der Waals surface area (Å²) in [5.41, 5.74) is 0.938. The molecule has 1 N–H and O–H groups in total. The third-order valence-electron chi connectivity index (χ3n) is 4.31. The Morgan fingerprint density at radius 1 is 1.17 bits per heavy atom. The van der Waals surface area contributed by atoms with Crippen LogP contribution >= 0.6 is 11.6 Å². The summed E-state index contributed by atoms with van der Waals surface area (Å²) < 4.78 is 41.9. The number of amides is 1. The van der Waals surface area contributed by atoms with E-state index in [0.29, 0.717) is 16.7 Å². The molecule has 0 saturated heterocycles. The molecule has 0 fully saturated rings. The first kappa shape index (κ1) is 19.9. The van der Waals surface area contributed by atoms with Crippen molar-refractivity contribution in [2.24, 2.45) is 0 Å². The van der Waals surface area contributed by atoms with E-state index < -0.39 is 17.6 Å². The zero-order valence-corrected chi connectivity index (χ0v) is 16.2. The number of aromatic nitrogens is 5. The number of aryl methyl sites for hydroxylation is 1. The molecule has 0 spiro atoms. The zero-order valence-electron chi connectivity index (χ0n) is 15.5. The molecule has 154 valence electrons. The van der Waals surface area contributed by atoms with Crippen LogP contribution in [0.3, 0.4) is 0 Å². The maximum atomic E-state index is 13.1. The van der Waals surface area contributed by atoms with Crippen molar-refractivity contribution < 1.29 is 18.0 Å². The third kappa shape index (κ3) is 3.86. The van der Waals surface area contributed by atoms with Gasteiger partial charge in [-0.1, -0.05) is 28.9 Å². The Hall–Kier alpha value is -3.40. The van der Waals surface area contributed by atoms with Gasteiger partial charge in [-0.25, -0.2) is 9.36 Å². The Balaban J connectivity index is 1.63. The number of halogens is 4. The van der Waals surface area contributed by atoms with Crippen molar-refractivity contribution in [2.45, 2.75) is 19.6 Å². The zero-order chi connectivity index (χ0) is 21.5. The van der Waals surface area contributed by atoms with E-state index in [1.807, 2.05) is 6.07 Å². The minimum absolute atomic E-state index is 0.00102. The van der Waals surface area contributed by atoms with Gasteiger partial charge in [0.05, 0.1) is 27.5 Å². The predicted octanol–water partition coefficient (Wildman–Crippen LogP) is 4.24. The first-order chi connectivity index (χ1) is 14.2. The number of nitrogens with zero attached hydrogens (tertiary/aromatic N) is 5. The lowest BCUT2D eigenvalue weighted by atomic mass is 10.2. The van der Waals surface area contributed by atoms with Crippen LogP contribution in [0.25, 0.3) is 16.7 Å². The fourth-order valence-corrected chi connectivity index (χ4v) is 3.17. The molecule has 4 aromatic rings. The molecule has 0 radical (unpaired) electrons. The van der Waals surface area contributed by atoms with Gasteiger partial charge in [0.15, 0.2) is 0 Å². The van der Waals surface area contributed by atoms with Gasteiger partial charge in [-0.05, 0) is 37.3 Å². The molecule has 2 aromatic carbocycles. The van der Waals surface area contributed by atoms with E-state index in [4.69, 9.17) is 11.6 Å². The highest BCUT2D eigenvalue weighted by molar-refractivity contribution is 6.32. The fourth-order valence-electron chi connectivity index (χ4n) is 2.98. The van der Waals surface area contributed by atoms with Gasteiger partial charge in [0.25, 0.3) is 0 Å². The number of benzene rings is 2. The highest BCUT2D eigenvalue weighted by Gasteiger charge is 2.31. The molecule has 2 aromatic heterocycles. The summed E-state index contributed by atoms with van der Waals surface area (Å²) in [5.74, 6) is -0.266. The molecule has 0 atom stereocenters. The number of fused-ring (bicyclic) bond motifs is 1. The Morgan fingerprint density at radius 2 is 1.93 bits per heavy atom. The predicted molar refractivity (Wildman–Crippen MR) is 104 cm³/mol. The summed E-state index contributed by atoms with van der Waals surface area (Å²) in [5, 5.41) is 14.8. The Morgan fingerprint density at radius 3 is 2.70 bits per heavy atom. The topological polar surface area (TPSA) is 77.6 Å². The number of rotatable bonds is 4. The monoisotopic (exact) mass is 434 g/mol. The second-order valence-corrected chi connectivity index (χ2v) is 6.94. The quantitative estimate of drug-likeness (QED) is 0.521. The lowest BCUT2D eigenvalue weighted by molar-refractivity contribution is -0.137. The minimum Gasteiger partial charge on any atom is -0.309 e. The first-order valence-electron chi connectivity index (χ1n) is 8.74. The summed E-state index contributed by atoms with van der Waals surface area (Å²) >= 11 is 6.12. The summed E-state index contributed by atoms with van der Waals surface area (Å²) in [6, 6.07) is 11.6. The van der Waals surface area contributed by atoms with E-state index in [2.05, 4.69) is 20.7 Å². The highest BCUT2D eigenvalue weighted by Crippen LogP contribution is 2.34. The van der Waals surface area contributed by atoms with Gasteiger partial charge in [-0.2, -0.15) is 18.3 Å². The molecule has 7 nitrogen and oxygen atoms in total. The van der Waals surface area contributed by atoms with Crippen molar-refractivity contribution in [1.29, 1.82) is 0 Å². The number of alkyl halides is 3. The molecular weight excluding hydrogens is 421 g/mol. The standard InChI is InChI=1S/C19H14ClF3N6O/c1-11-8-17(24-18(30)10-28-15-5-3-2-4-14(15)25-27-28)29(26-11)16-9-12(19(21,22)23)6-7-13(16)20/h2-9H,10H2,1H3,(H,24,30). The average molecular weight is 435 g/mol. The van der Waals surface area contributed by atoms with Gasteiger partial charge in [-0.15, -0.1) is 5.10 Å². The van der Waals surface area contributed by atoms with Gasteiger partial charge < -0.3 is 5.32 Å². The molecule has 0 unspecified atom stereocenters. The smallest absolute Gasteiger partial charge is 0.309 e. The minimum atomic E-state index is -4.54. The normalized spacial score (nSPS) is 11.8. The van der Waals surface area contributed by atoms with Crippen molar-refractivity contribution >= 4 is 34.4 Å². The number of nitrogens with one attached hydrogen (secondary N) is 1. The van der Waals surface area contributed by atoms with Crippen LogP contribution < -0.4 is 5.32 Å². The van der Waals surface area contributed by atoms with E-state index in [0.717, 1.165) is 18.2 Å². The van der Waals surface area contributed by atoms with E-state index in [9.17, 15) is 18.0 Å². The molecule has 2 heterocycles. The van der Waals surface area contributed by atoms with E-state index in [-0.39, 0.29) is 23.1 Å². The maximum Gasteiger partial charge on any atom is 0.416 e. The van der Waals surface area contributed by atoms with Gasteiger partial charge in [0.1, 0.15) is 17.9 Å². The van der Waals surface area contributed by atoms with Crippen molar-refractivity contribution in [3.05, 3.63) is 64.8 Å². The van der Waals surface area contributed by atoms with Crippen LogP contribution in [0.1, 0.15) is 11.3 Å². The summed E-state index contributed by atoms with van der Waals surface area (Å²) in [7, 11) is 0. The number of carbonyl (C=O) groups excluding carboxylic acids is 1. The van der Waals surface area contributed by atoms with Gasteiger partial charge in [0.2, 0.25) is 5.91 Å². The van der Waals surface area contributed by atoms with Crippen LogP contribution in [0, 0.1) is 6.92 Å². The molecule has 4 rings (SSSR count). The SMILES string of the molecule is Cc1cc(NC(=O)Cn2nnc3ccccc32)n(-c2cc(C(F)(F)F)ccc2Cl)n1. The van der Waals surface area contributed by atoms with E-state index in [1.165, 1.54) is 15.4 Å². The largest absolute Gasteiger partial charge is 0.416 e. The molecule has 0 bridgehead atoms. The van der Waals surface area contributed by atoms with Crippen molar-refractivity contribution in [3.8, 4) is 5.69 Å². The van der Waals surface area contributed by atoms with Crippen molar-refractivity contribution in [2.75, 3.05) is 5.32 Å². The van der Waals surface area contributed by atoms with Crippen LogP contribution in [-0.4, -0.2) is 30.7 Å². The Labute approximate surface area is 173 Å². The number of carbonyl (C=O) groups is 1. The molecule has 0 saturated carbocycles. The second-order valence-electron chi connectivity index (χ2n) is 6.53. The van der Waals surface area contributed by atoms with Crippen LogP contribution in [0.5, 0.6) is 0 Å². The van der Waals surface area contributed by atoms with Gasteiger partial charge in [-0.3, -0.25) is 4.79 Å². The van der Waals surface area contributed by atoms with Crippen LogP contribution in [0.4, 0.5) is 19.0 Å². The molecule has 0 aliphatic carbocycles. The van der Waals surface area contributed by atoms with Crippen LogP contribution in [-0.2, 0) is 17.5 Å². The summed E-state index contributed by atoms with van der Waals surface area (Å²) in [6.07, 6.45) is -4.54. The number of para-hydroxylation sites is 1. The third-order valence-corrected chi connectivity index (χ3v) is 4.63. The van der Waals surface area contributed by atoms with E-state index >= 15 is 0 Å². The molecule has 0 aliphatic rings. The van der Waals surface area contributed by atoms with Crippen LogP contribution in [0.2, 0.25) is 5.02 Å². The lowest BCUT2D eigenvalue weighted by Crippen LogP contribution is -2.21. The molecule has 30 heavy (non-hydrogen) atoms. The van der Waals surface area contributed by atoms with E-state index in [1.54, 1.807) is 25.1 Å². The maximum absolute atomic E-state index is 13.1. The summed E-state index contributed by atoms with van der Waals surface area (Å²) in [6.45, 7) is 1.51. The van der Waals surface area contributed by atoms with Gasteiger partial charge in [0, 0.05) is 6.07 Å². The molecule has 11 heteroatoms. The molecular formula is C19H14ClF3N6O. The lowest BCUT2D eigenvalue weighted by Gasteiger charge is -2.13. The van der Waals surface area contributed by atoms with Gasteiger partial charge >= 0.3 is 6.18 Å². The number of hydrogen-bond donors (Lipinski definition) is 1. The van der Waals surface area contributed by atoms with Crippen LogP contribution in [0.15, 0.2) is 48.5 Å².